The largest absolute Gasteiger partial charge is 0.401 e. The Labute approximate surface area is 96.9 Å². The van der Waals surface area contributed by atoms with Gasteiger partial charge in [0, 0.05) is 11.3 Å². The van der Waals surface area contributed by atoms with Crippen molar-refractivity contribution < 1.29 is 0 Å². The van der Waals surface area contributed by atoms with E-state index in [2.05, 4.69) is 18.7 Å². The molecule has 0 radical (unpaired) electrons. The van der Waals surface area contributed by atoms with Crippen LogP contribution in [0.1, 0.15) is 38.5 Å². The highest BCUT2D eigenvalue weighted by molar-refractivity contribution is 5.29. The van der Waals surface area contributed by atoms with Gasteiger partial charge in [-0.1, -0.05) is 12.2 Å². The number of nitrogens with two attached hydrogens (primary N) is 1. The summed E-state index contributed by atoms with van der Waals surface area (Å²) in [7, 11) is 0. The smallest absolute Gasteiger partial charge is 0.0965 e. The number of allylic oxidation sites excluding steroid dienone is 3. The third kappa shape index (κ3) is 3.14. The maximum absolute atomic E-state index is 8.43. The quantitative estimate of drug-likeness (QED) is 0.631. The van der Waals surface area contributed by atoms with Gasteiger partial charge in [-0.2, -0.15) is 10.5 Å². The summed E-state index contributed by atoms with van der Waals surface area (Å²) in [4.78, 5) is 0. The summed E-state index contributed by atoms with van der Waals surface area (Å²) < 4.78 is 0. The fourth-order valence-electron chi connectivity index (χ4n) is 1.96. The second kappa shape index (κ2) is 5.98. The van der Waals surface area contributed by atoms with Crippen molar-refractivity contribution in [2.45, 2.75) is 38.5 Å². The summed E-state index contributed by atoms with van der Waals surface area (Å²) >= 11 is 0. The molecule has 0 spiro atoms. The lowest BCUT2D eigenvalue weighted by molar-refractivity contribution is 0.778. The number of nitrogens with zero attached hydrogens (tertiary/aromatic N) is 2. The highest BCUT2D eigenvalue weighted by Crippen LogP contribution is 2.28. The zero-order valence-corrected chi connectivity index (χ0v) is 9.50. The number of nitriles is 2. The van der Waals surface area contributed by atoms with Crippen molar-refractivity contribution in [3.05, 3.63) is 23.4 Å². The van der Waals surface area contributed by atoms with Crippen LogP contribution in [-0.2, 0) is 0 Å². The lowest BCUT2D eigenvalue weighted by Gasteiger charge is -1.94. The van der Waals surface area contributed by atoms with E-state index in [0.717, 1.165) is 55.4 Å². The van der Waals surface area contributed by atoms with Gasteiger partial charge < -0.3 is 5.73 Å². The van der Waals surface area contributed by atoms with E-state index in [-0.39, 0.29) is 5.92 Å². The van der Waals surface area contributed by atoms with E-state index in [1.54, 1.807) is 0 Å². The SMILES string of the molecule is C=C1CCCC1C#N.N#CC1=C(N)CCC1. The second-order valence-electron chi connectivity index (χ2n) is 4.20. The Balaban J connectivity index is 0.000000160. The molecule has 0 amide bonds. The van der Waals surface area contributed by atoms with E-state index >= 15 is 0 Å². The van der Waals surface area contributed by atoms with E-state index in [1.165, 1.54) is 0 Å². The molecule has 84 valence electrons. The summed E-state index contributed by atoms with van der Waals surface area (Å²) in [5.41, 5.74) is 8.17. The van der Waals surface area contributed by atoms with Crippen molar-refractivity contribution in [1.29, 1.82) is 10.5 Å². The van der Waals surface area contributed by atoms with Crippen LogP contribution >= 0.6 is 0 Å². The van der Waals surface area contributed by atoms with Gasteiger partial charge in [-0.05, 0) is 38.5 Å². The Morgan fingerprint density at radius 3 is 2.19 bits per heavy atom. The minimum Gasteiger partial charge on any atom is -0.401 e. The standard InChI is InChI=1S/C7H9N.C6H8N2/c1-6-3-2-4-7(6)5-8;7-4-5-2-1-3-6(5)8/h7H,1-4H2;1-3,8H2. The molecule has 16 heavy (non-hydrogen) atoms. The van der Waals surface area contributed by atoms with Crippen LogP contribution in [0.25, 0.3) is 0 Å². The summed E-state index contributed by atoms with van der Waals surface area (Å²) in [6.07, 6.45) is 6.14. The molecule has 1 saturated carbocycles. The van der Waals surface area contributed by atoms with Gasteiger partial charge in [0.1, 0.15) is 0 Å². The Morgan fingerprint density at radius 1 is 1.19 bits per heavy atom. The zero-order valence-electron chi connectivity index (χ0n) is 9.50. The van der Waals surface area contributed by atoms with Gasteiger partial charge in [-0.15, -0.1) is 0 Å². The topological polar surface area (TPSA) is 73.6 Å². The maximum Gasteiger partial charge on any atom is 0.0965 e. The molecule has 1 fully saturated rings. The summed E-state index contributed by atoms with van der Waals surface area (Å²) in [6, 6.07) is 4.28. The Kier molecular flexibility index (Phi) is 4.61. The molecule has 0 aliphatic heterocycles. The normalized spacial score (nSPS) is 23.4. The first-order valence-electron chi connectivity index (χ1n) is 5.64. The first-order valence-corrected chi connectivity index (χ1v) is 5.64. The predicted molar refractivity (Wildman–Crippen MR) is 62.8 cm³/mol. The van der Waals surface area contributed by atoms with Crippen molar-refractivity contribution in [1.82, 2.24) is 0 Å². The van der Waals surface area contributed by atoms with Crippen molar-refractivity contribution in [2.75, 3.05) is 0 Å². The van der Waals surface area contributed by atoms with Gasteiger partial charge >= 0.3 is 0 Å². The van der Waals surface area contributed by atoms with Crippen LogP contribution in [0.3, 0.4) is 0 Å². The highest BCUT2D eigenvalue weighted by atomic mass is 14.6. The molecule has 3 heteroatoms. The third-order valence-corrected chi connectivity index (χ3v) is 3.03. The second-order valence-corrected chi connectivity index (χ2v) is 4.20. The van der Waals surface area contributed by atoms with Crippen LogP contribution < -0.4 is 5.73 Å². The van der Waals surface area contributed by atoms with Crippen molar-refractivity contribution in [2.24, 2.45) is 11.7 Å². The first kappa shape index (κ1) is 12.3. The van der Waals surface area contributed by atoms with Crippen LogP contribution in [0, 0.1) is 28.6 Å². The average Bonchev–Trinajstić information content (AvgIpc) is 2.87. The van der Waals surface area contributed by atoms with E-state index in [9.17, 15) is 0 Å². The van der Waals surface area contributed by atoms with Crippen LogP contribution in [0.4, 0.5) is 0 Å². The lowest BCUT2D eigenvalue weighted by atomic mass is 10.1. The Morgan fingerprint density at radius 2 is 1.94 bits per heavy atom. The molecule has 3 nitrogen and oxygen atoms in total. The fourth-order valence-corrected chi connectivity index (χ4v) is 1.96. The fraction of sp³-hybridized carbons (Fsp3) is 0.538. The molecule has 2 aliphatic carbocycles. The van der Waals surface area contributed by atoms with Gasteiger partial charge in [0.25, 0.3) is 0 Å². The number of rotatable bonds is 0. The lowest BCUT2D eigenvalue weighted by Crippen LogP contribution is -1.93. The number of hydrogen-bond donors (Lipinski definition) is 1. The molecule has 2 rings (SSSR count). The van der Waals surface area contributed by atoms with Gasteiger partial charge in [0.05, 0.1) is 18.1 Å². The van der Waals surface area contributed by atoms with E-state index in [1.807, 2.05) is 0 Å². The van der Waals surface area contributed by atoms with E-state index < -0.39 is 0 Å². The van der Waals surface area contributed by atoms with Crippen LogP contribution in [0.2, 0.25) is 0 Å². The van der Waals surface area contributed by atoms with Crippen molar-refractivity contribution in [3.63, 3.8) is 0 Å². The molecule has 2 aliphatic rings. The summed E-state index contributed by atoms with van der Waals surface area (Å²) in [6.45, 7) is 3.78. The minimum absolute atomic E-state index is 0.176. The molecule has 0 aromatic rings. The van der Waals surface area contributed by atoms with Crippen molar-refractivity contribution >= 4 is 0 Å². The summed E-state index contributed by atoms with van der Waals surface area (Å²) in [5.74, 6) is 0.176. The molecule has 0 heterocycles. The summed E-state index contributed by atoms with van der Waals surface area (Å²) in [5, 5.41) is 16.8. The molecule has 1 unspecified atom stereocenters. The van der Waals surface area contributed by atoms with Gasteiger partial charge in [-0.25, -0.2) is 0 Å². The molecular weight excluding hydrogens is 198 g/mol. The maximum atomic E-state index is 8.43. The molecule has 0 aromatic carbocycles. The zero-order chi connectivity index (χ0) is 12.0. The van der Waals surface area contributed by atoms with Gasteiger partial charge in [-0.3, -0.25) is 0 Å². The Hall–Kier alpha value is -1.74. The molecule has 0 aromatic heterocycles. The van der Waals surface area contributed by atoms with E-state index in [4.69, 9.17) is 16.3 Å². The monoisotopic (exact) mass is 215 g/mol. The molecule has 2 N–H and O–H groups in total. The van der Waals surface area contributed by atoms with Crippen LogP contribution in [0.15, 0.2) is 23.4 Å². The average molecular weight is 215 g/mol. The highest BCUT2D eigenvalue weighted by Gasteiger charge is 2.17. The molecular formula is C13H17N3. The molecule has 0 bridgehead atoms. The Bertz CT molecular complexity index is 379. The number of hydrogen-bond acceptors (Lipinski definition) is 3. The van der Waals surface area contributed by atoms with Gasteiger partial charge in [0.15, 0.2) is 0 Å². The molecule has 1 atom stereocenters. The minimum atomic E-state index is 0.176. The van der Waals surface area contributed by atoms with E-state index in [0.29, 0.717) is 0 Å². The van der Waals surface area contributed by atoms with Crippen LogP contribution in [0.5, 0.6) is 0 Å². The van der Waals surface area contributed by atoms with Crippen LogP contribution in [-0.4, -0.2) is 0 Å². The van der Waals surface area contributed by atoms with Crippen molar-refractivity contribution in [3.8, 4) is 12.1 Å². The third-order valence-electron chi connectivity index (χ3n) is 3.03. The molecule has 0 saturated heterocycles. The predicted octanol–water partition coefficient (Wildman–Crippen LogP) is 2.77. The van der Waals surface area contributed by atoms with Gasteiger partial charge in [0.2, 0.25) is 0 Å². The first-order chi connectivity index (χ1) is 7.69.